The first-order chi connectivity index (χ1) is 12.9. The first kappa shape index (κ1) is 11.9. The number of thioether (sulfide) groups is 1. The summed E-state index contributed by atoms with van der Waals surface area (Å²) in [6, 6.07) is 15.4. The Morgan fingerprint density at radius 3 is 3.00 bits per heavy atom. The molecule has 0 saturated heterocycles. The van der Waals surface area contributed by atoms with E-state index in [0.717, 1.165) is 10.9 Å². The van der Waals surface area contributed by atoms with Crippen molar-refractivity contribution in [1.82, 2.24) is 4.98 Å². The van der Waals surface area contributed by atoms with Crippen molar-refractivity contribution >= 4 is 27.7 Å². The number of benzene rings is 2. The van der Waals surface area contributed by atoms with E-state index < -0.39 is 12.9 Å². The molecule has 5 heteroatoms. The second kappa shape index (κ2) is 6.17. The molecule has 1 aliphatic rings. The summed E-state index contributed by atoms with van der Waals surface area (Å²) in [6.45, 7) is -2.08. The SMILES string of the molecule is [2H]C([2H])([2H])[C@H]1CSC(c2cccc(Oc3ccc4cccc(O)c4n3)c2)=N1. The van der Waals surface area contributed by atoms with Crippen LogP contribution in [0.5, 0.6) is 17.4 Å². The van der Waals surface area contributed by atoms with Crippen molar-refractivity contribution in [2.24, 2.45) is 4.99 Å². The Labute approximate surface area is 148 Å². The molecule has 4 nitrogen and oxygen atoms in total. The zero-order chi connectivity index (χ0) is 19.0. The lowest BCUT2D eigenvalue weighted by atomic mass is 10.2. The molecule has 0 fully saturated rings. The molecule has 0 spiro atoms. The van der Waals surface area contributed by atoms with Gasteiger partial charge in [-0.25, -0.2) is 4.98 Å². The van der Waals surface area contributed by atoms with Crippen molar-refractivity contribution < 1.29 is 14.0 Å². The standard InChI is InChI=1S/C19H16N2O2S/c1-12-11-24-19(20-12)14-5-2-6-15(10-14)23-17-9-8-13-4-3-7-16(22)18(13)21-17/h2-10,12,22H,11H2,1H3/t12-/m0/s1/i1D3. The summed E-state index contributed by atoms with van der Waals surface area (Å²) in [5.74, 6) is 1.47. The van der Waals surface area contributed by atoms with Crippen LogP contribution in [0.4, 0.5) is 0 Å². The van der Waals surface area contributed by atoms with Crippen molar-refractivity contribution in [1.29, 1.82) is 0 Å². The van der Waals surface area contributed by atoms with E-state index in [1.54, 1.807) is 24.3 Å². The number of para-hydroxylation sites is 1. The van der Waals surface area contributed by atoms with Crippen LogP contribution in [-0.2, 0) is 0 Å². The van der Waals surface area contributed by atoms with Crippen LogP contribution in [0, 0.1) is 0 Å². The number of phenolic OH excluding ortho intramolecular Hbond substituents is 1. The monoisotopic (exact) mass is 339 g/mol. The third kappa shape index (κ3) is 2.95. The van der Waals surface area contributed by atoms with Gasteiger partial charge in [0.25, 0.3) is 0 Å². The van der Waals surface area contributed by atoms with E-state index >= 15 is 0 Å². The Balaban J connectivity index is 1.60. The third-order valence-corrected chi connectivity index (χ3v) is 4.72. The van der Waals surface area contributed by atoms with Gasteiger partial charge in [0.1, 0.15) is 17.0 Å². The second-order valence-electron chi connectivity index (χ2n) is 5.39. The maximum atomic E-state index is 9.96. The minimum atomic E-state index is -2.08. The molecular weight excluding hydrogens is 320 g/mol. The molecule has 1 aromatic heterocycles. The zero-order valence-electron chi connectivity index (χ0n) is 15.6. The maximum Gasteiger partial charge on any atom is 0.219 e. The molecule has 0 aliphatic carbocycles. The molecule has 2 aromatic carbocycles. The van der Waals surface area contributed by atoms with Gasteiger partial charge >= 0.3 is 0 Å². The highest BCUT2D eigenvalue weighted by Crippen LogP contribution is 2.29. The minimum Gasteiger partial charge on any atom is -0.506 e. The Hall–Kier alpha value is -2.53. The smallest absolute Gasteiger partial charge is 0.219 e. The fourth-order valence-electron chi connectivity index (χ4n) is 2.52. The molecule has 0 amide bonds. The molecule has 0 radical (unpaired) electrons. The van der Waals surface area contributed by atoms with Crippen LogP contribution in [0.25, 0.3) is 10.9 Å². The minimum absolute atomic E-state index is 0.0964. The summed E-state index contributed by atoms with van der Waals surface area (Å²) in [6.07, 6.45) is 0. The van der Waals surface area contributed by atoms with Crippen molar-refractivity contribution in [3.8, 4) is 17.4 Å². The zero-order valence-corrected chi connectivity index (χ0v) is 13.5. The van der Waals surface area contributed by atoms with E-state index in [4.69, 9.17) is 8.85 Å². The molecule has 4 rings (SSSR count). The van der Waals surface area contributed by atoms with Crippen molar-refractivity contribution in [3.05, 3.63) is 60.2 Å². The molecule has 0 saturated carbocycles. The number of phenols is 1. The van der Waals surface area contributed by atoms with Crippen LogP contribution in [0.2, 0.25) is 0 Å². The van der Waals surface area contributed by atoms with Gasteiger partial charge in [0.15, 0.2) is 0 Å². The highest BCUT2D eigenvalue weighted by Gasteiger charge is 2.16. The second-order valence-corrected chi connectivity index (χ2v) is 6.40. The summed E-state index contributed by atoms with van der Waals surface area (Å²) >= 11 is 1.44. The lowest BCUT2D eigenvalue weighted by Crippen LogP contribution is -1.94. The Morgan fingerprint density at radius 2 is 2.12 bits per heavy atom. The van der Waals surface area contributed by atoms with Gasteiger partial charge in [0.2, 0.25) is 5.88 Å². The quantitative estimate of drug-likeness (QED) is 0.757. The summed E-state index contributed by atoms with van der Waals surface area (Å²) in [4.78, 5) is 8.70. The van der Waals surface area contributed by atoms with E-state index in [2.05, 4.69) is 9.98 Å². The largest absolute Gasteiger partial charge is 0.506 e. The van der Waals surface area contributed by atoms with Crippen LogP contribution in [0.15, 0.2) is 59.6 Å². The maximum absolute atomic E-state index is 9.96. The number of fused-ring (bicyclic) bond motifs is 1. The number of aromatic nitrogens is 1. The Morgan fingerprint density at radius 1 is 1.21 bits per heavy atom. The van der Waals surface area contributed by atoms with Crippen LogP contribution in [0.1, 0.15) is 16.5 Å². The first-order valence-corrected chi connectivity index (χ1v) is 8.46. The summed E-state index contributed by atoms with van der Waals surface area (Å²) in [5.41, 5.74) is 1.29. The summed E-state index contributed by atoms with van der Waals surface area (Å²) < 4.78 is 28.4. The van der Waals surface area contributed by atoms with Gasteiger partial charge in [-0.3, -0.25) is 4.99 Å². The van der Waals surface area contributed by atoms with Gasteiger partial charge in [0, 0.05) is 26.9 Å². The fraction of sp³-hybridized carbons (Fsp3) is 0.158. The van der Waals surface area contributed by atoms with E-state index in [9.17, 15) is 5.11 Å². The fourth-order valence-corrected chi connectivity index (χ4v) is 3.40. The van der Waals surface area contributed by atoms with Crippen molar-refractivity contribution in [2.75, 3.05) is 5.75 Å². The highest BCUT2D eigenvalue weighted by molar-refractivity contribution is 8.14. The Kier molecular flexibility index (Phi) is 3.06. The molecule has 120 valence electrons. The average molecular weight is 339 g/mol. The first-order valence-electron chi connectivity index (χ1n) is 8.98. The number of rotatable bonds is 3. The van der Waals surface area contributed by atoms with E-state index in [1.165, 1.54) is 11.8 Å². The van der Waals surface area contributed by atoms with Crippen molar-refractivity contribution in [3.63, 3.8) is 0 Å². The van der Waals surface area contributed by atoms with Gasteiger partial charge in [-0.15, -0.1) is 11.8 Å². The molecule has 2 heterocycles. The van der Waals surface area contributed by atoms with Gasteiger partial charge in [-0.2, -0.15) is 0 Å². The predicted molar refractivity (Wildman–Crippen MR) is 98.4 cm³/mol. The number of pyridine rings is 1. The number of hydrogen-bond donors (Lipinski definition) is 1. The van der Waals surface area contributed by atoms with E-state index in [-0.39, 0.29) is 5.75 Å². The van der Waals surface area contributed by atoms with Crippen LogP contribution in [0.3, 0.4) is 0 Å². The van der Waals surface area contributed by atoms with Crippen LogP contribution in [-0.4, -0.2) is 26.9 Å². The van der Waals surface area contributed by atoms with Gasteiger partial charge in [-0.1, -0.05) is 24.3 Å². The van der Waals surface area contributed by atoms with Crippen LogP contribution < -0.4 is 4.74 Å². The summed E-state index contributed by atoms with van der Waals surface area (Å²) in [5, 5.41) is 11.5. The van der Waals surface area contributed by atoms with Gasteiger partial charge < -0.3 is 9.84 Å². The Bertz CT molecular complexity index is 1040. The number of nitrogens with zero attached hydrogens (tertiary/aromatic N) is 2. The molecule has 1 atom stereocenters. The number of aliphatic imine (C=N–C) groups is 1. The molecule has 3 aromatic rings. The molecule has 0 bridgehead atoms. The number of ether oxygens (including phenoxy) is 1. The lowest BCUT2D eigenvalue weighted by Gasteiger charge is -2.08. The molecule has 1 aliphatic heterocycles. The number of aromatic hydroxyl groups is 1. The van der Waals surface area contributed by atoms with E-state index in [1.807, 2.05) is 30.3 Å². The number of hydrogen-bond acceptors (Lipinski definition) is 5. The molecular formula is C19H16N2O2S. The highest BCUT2D eigenvalue weighted by atomic mass is 32.2. The third-order valence-electron chi connectivity index (χ3n) is 3.63. The normalized spacial score (nSPS) is 19.4. The predicted octanol–water partition coefficient (Wildman–Crippen LogP) is 4.61. The van der Waals surface area contributed by atoms with E-state index in [0.29, 0.717) is 27.9 Å². The van der Waals surface area contributed by atoms with Crippen LogP contribution >= 0.6 is 11.8 Å². The molecule has 0 unspecified atom stereocenters. The summed E-state index contributed by atoms with van der Waals surface area (Å²) in [7, 11) is 0. The van der Waals surface area contributed by atoms with Gasteiger partial charge in [-0.05, 0) is 31.1 Å². The molecule has 1 N–H and O–H groups in total. The topological polar surface area (TPSA) is 54.7 Å². The van der Waals surface area contributed by atoms with Gasteiger partial charge in [0.05, 0.1) is 11.1 Å². The lowest BCUT2D eigenvalue weighted by molar-refractivity contribution is 0.460. The molecule has 24 heavy (non-hydrogen) atoms. The van der Waals surface area contributed by atoms with Crippen molar-refractivity contribution in [2.45, 2.75) is 12.9 Å². The average Bonchev–Trinajstić information content (AvgIpc) is 3.13.